The summed E-state index contributed by atoms with van der Waals surface area (Å²) in [5.74, 6) is 1.48. The molecule has 1 fully saturated rings. The highest BCUT2D eigenvalue weighted by molar-refractivity contribution is 5.67. The topological polar surface area (TPSA) is 51.0 Å². The molecule has 1 aliphatic heterocycles. The number of pyridine rings is 1. The van der Waals surface area contributed by atoms with E-state index in [1.807, 2.05) is 12.1 Å². The number of nitrogens with one attached hydrogen (secondary N) is 1. The van der Waals surface area contributed by atoms with Gasteiger partial charge in [0.1, 0.15) is 5.52 Å². The van der Waals surface area contributed by atoms with Gasteiger partial charge in [-0.25, -0.2) is 9.97 Å². The van der Waals surface area contributed by atoms with Crippen molar-refractivity contribution in [1.29, 1.82) is 0 Å². The van der Waals surface area contributed by atoms with Gasteiger partial charge in [0, 0.05) is 12.6 Å². The third-order valence-electron chi connectivity index (χ3n) is 3.07. The van der Waals surface area contributed by atoms with Gasteiger partial charge in [-0.1, -0.05) is 0 Å². The van der Waals surface area contributed by atoms with E-state index in [-0.39, 0.29) is 0 Å². The van der Waals surface area contributed by atoms with Crippen LogP contribution in [0.3, 0.4) is 0 Å². The van der Waals surface area contributed by atoms with Crippen molar-refractivity contribution in [2.75, 3.05) is 13.1 Å². The number of hydrogen-bond donors (Lipinski definition) is 1. The van der Waals surface area contributed by atoms with Crippen LogP contribution < -0.4 is 5.32 Å². The minimum Gasteiger partial charge on any atom is -0.422 e. The summed E-state index contributed by atoms with van der Waals surface area (Å²) in [5, 5.41) is 3.40. The first-order chi connectivity index (χ1) is 7.92. The molecule has 1 atom stereocenters. The molecule has 3 heterocycles. The molecule has 0 amide bonds. The van der Waals surface area contributed by atoms with Crippen LogP contribution in [0.4, 0.5) is 0 Å². The summed E-state index contributed by atoms with van der Waals surface area (Å²) in [7, 11) is 0. The van der Waals surface area contributed by atoms with Crippen molar-refractivity contribution in [2.45, 2.75) is 19.3 Å². The zero-order valence-corrected chi connectivity index (χ0v) is 9.15. The summed E-state index contributed by atoms with van der Waals surface area (Å²) in [4.78, 5) is 8.60. The summed E-state index contributed by atoms with van der Waals surface area (Å²) in [5.41, 5.74) is 1.52. The van der Waals surface area contributed by atoms with Crippen LogP contribution in [0.5, 0.6) is 0 Å². The average molecular weight is 217 g/mol. The van der Waals surface area contributed by atoms with Gasteiger partial charge < -0.3 is 9.73 Å². The minimum atomic E-state index is 0.654. The van der Waals surface area contributed by atoms with Crippen LogP contribution in [0.25, 0.3) is 11.2 Å². The molecule has 3 rings (SSSR count). The van der Waals surface area contributed by atoms with E-state index >= 15 is 0 Å². The monoisotopic (exact) mass is 217 g/mol. The van der Waals surface area contributed by atoms with E-state index in [2.05, 4.69) is 15.3 Å². The lowest BCUT2D eigenvalue weighted by Gasteiger charge is -2.20. The van der Waals surface area contributed by atoms with E-state index in [4.69, 9.17) is 4.42 Å². The SMILES string of the molecule is c1cnc2oc(CC3CCCNC3)nc2c1. The van der Waals surface area contributed by atoms with Crippen molar-refractivity contribution in [2.24, 2.45) is 5.92 Å². The van der Waals surface area contributed by atoms with E-state index < -0.39 is 0 Å². The summed E-state index contributed by atoms with van der Waals surface area (Å²) in [6.07, 6.45) is 5.17. The van der Waals surface area contributed by atoms with E-state index in [0.717, 1.165) is 30.9 Å². The van der Waals surface area contributed by atoms with E-state index in [0.29, 0.717) is 11.6 Å². The molecular weight excluding hydrogens is 202 g/mol. The zero-order chi connectivity index (χ0) is 10.8. The molecule has 2 aromatic heterocycles. The number of fused-ring (bicyclic) bond motifs is 1. The summed E-state index contributed by atoms with van der Waals surface area (Å²) < 4.78 is 5.62. The number of rotatable bonds is 2. The fourth-order valence-corrected chi connectivity index (χ4v) is 2.25. The smallest absolute Gasteiger partial charge is 0.246 e. The third-order valence-corrected chi connectivity index (χ3v) is 3.07. The van der Waals surface area contributed by atoms with E-state index in [1.165, 1.54) is 12.8 Å². The molecule has 0 aliphatic carbocycles. The highest BCUT2D eigenvalue weighted by Gasteiger charge is 2.16. The van der Waals surface area contributed by atoms with Crippen LogP contribution in [0.1, 0.15) is 18.7 Å². The highest BCUT2D eigenvalue weighted by atomic mass is 16.4. The zero-order valence-electron chi connectivity index (χ0n) is 9.15. The standard InChI is InChI=1S/C12H15N3O/c1-3-9(8-13-5-1)7-11-15-10-4-2-6-14-12(10)16-11/h2,4,6,9,13H,1,3,5,7-8H2. The van der Waals surface area contributed by atoms with Crippen molar-refractivity contribution in [1.82, 2.24) is 15.3 Å². The Morgan fingerprint density at radius 3 is 3.31 bits per heavy atom. The Kier molecular flexibility index (Phi) is 2.58. The first kappa shape index (κ1) is 9.78. The maximum atomic E-state index is 5.62. The third kappa shape index (κ3) is 1.93. The molecule has 4 heteroatoms. The molecule has 0 spiro atoms. The Hall–Kier alpha value is -1.42. The van der Waals surface area contributed by atoms with Crippen molar-refractivity contribution in [3.63, 3.8) is 0 Å². The number of oxazole rings is 1. The Labute approximate surface area is 94.1 Å². The summed E-state index contributed by atoms with van der Waals surface area (Å²) in [6.45, 7) is 2.22. The fraction of sp³-hybridized carbons (Fsp3) is 0.500. The Morgan fingerprint density at radius 2 is 2.50 bits per heavy atom. The van der Waals surface area contributed by atoms with Crippen LogP contribution in [-0.2, 0) is 6.42 Å². The molecule has 1 aliphatic rings. The first-order valence-electron chi connectivity index (χ1n) is 5.83. The molecule has 1 unspecified atom stereocenters. The maximum Gasteiger partial charge on any atom is 0.246 e. The predicted molar refractivity (Wildman–Crippen MR) is 61.1 cm³/mol. The molecule has 16 heavy (non-hydrogen) atoms. The lowest BCUT2D eigenvalue weighted by Crippen LogP contribution is -2.30. The van der Waals surface area contributed by atoms with Gasteiger partial charge in [-0.2, -0.15) is 0 Å². The van der Waals surface area contributed by atoms with Crippen LogP contribution in [0.2, 0.25) is 0 Å². The first-order valence-corrected chi connectivity index (χ1v) is 5.83. The van der Waals surface area contributed by atoms with Gasteiger partial charge in [0.25, 0.3) is 0 Å². The summed E-state index contributed by atoms with van der Waals surface area (Å²) >= 11 is 0. The van der Waals surface area contributed by atoms with Gasteiger partial charge >= 0.3 is 0 Å². The quantitative estimate of drug-likeness (QED) is 0.832. The molecule has 2 aromatic rings. The van der Waals surface area contributed by atoms with Crippen LogP contribution in [0, 0.1) is 5.92 Å². The number of piperidine rings is 1. The maximum absolute atomic E-state index is 5.62. The minimum absolute atomic E-state index is 0.654. The molecule has 4 nitrogen and oxygen atoms in total. The van der Waals surface area contributed by atoms with Crippen molar-refractivity contribution >= 4 is 11.2 Å². The molecule has 0 radical (unpaired) electrons. The molecular formula is C12H15N3O. The van der Waals surface area contributed by atoms with Gasteiger partial charge in [0.15, 0.2) is 5.89 Å². The van der Waals surface area contributed by atoms with Crippen LogP contribution >= 0.6 is 0 Å². The van der Waals surface area contributed by atoms with Crippen molar-refractivity contribution in [3.05, 3.63) is 24.2 Å². The Morgan fingerprint density at radius 1 is 1.50 bits per heavy atom. The second kappa shape index (κ2) is 4.22. The average Bonchev–Trinajstić information content (AvgIpc) is 2.72. The molecule has 0 bridgehead atoms. The normalized spacial score (nSPS) is 21.4. The van der Waals surface area contributed by atoms with Gasteiger partial charge in [-0.05, 0) is 44.0 Å². The van der Waals surface area contributed by atoms with E-state index in [9.17, 15) is 0 Å². The molecule has 0 aromatic carbocycles. The van der Waals surface area contributed by atoms with Crippen molar-refractivity contribution < 1.29 is 4.42 Å². The fourth-order valence-electron chi connectivity index (χ4n) is 2.25. The predicted octanol–water partition coefficient (Wildman–Crippen LogP) is 1.76. The molecule has 0 saturated carbocycles. The number of aromatic nitrogens is 2. The largest absolute Gasteiger partial charge is 0.422 e. The lowest BCUT2D eigenvalue weighted by atomic mass is 9.96. The lowest BCUT2D eigenvalue weighted by molar-refractivity contribution is 0.349. The Bertz CT molecular complexity index is 441. The number of nitrogens with zero attached hydrogens (tertiary/aromatic N) is 2. The molecule has 1 N–H and O–H groups in total. The number of hydrogen-bond acceptors (Lipinski definition) is 4. The second-order valence-electron chi connectivity index (χ2n) is 4.35. The van der Waals surface area contributed by atoms with Gasteiger partial charge in [0.05, 0.1) is 0 Å². The van der Waals surface area contributed by atoms with Crippen molar-refractivity contribution in [3.8, 4) is 0 Å². The Balaban J connectivity index is 1.78. The van der Waals surface area contributed by atoms with Gasteiger partial charge in [-0.3, -0.25) is 0 Å². The second-order valence-corrected chi connectivity index (χ2v) is 4.35. The highest BCUT2D eigenvalue weighted by Crippen LogP contribution is 2.18. The summed E-state index contributed by atoms with van der Waals surface area (Å²) in [6, 6.07) is 3.82. The molecule has 84 valence electrons. The van der Waals surface area contributed by atoms with Gasteiger partial charge in [0.2, 0.25) is 5.71 Å². The van der Waals surface area contributed by atoms with Crippen LogP contribution in [0.15, 0.2) is 22.7 Å². The van der Waals surface area contributed by atoms with E-state index in [1.54, 1.807) is 6.20 Å². The van der Waals surface area contributed by atoms with Gasteiger partial charge in [-0.15, -0.1) is 0 Å². The molecule has 1 saturated heterocycles. The van der Waals surface area contributed by atoms with Crippen LogP contribution in [-0.4, -0.2) is 23.1 Å².